The molecule has 9 heteroatoms. The Hall–Kier alpha value is 0.290. The first kappa shape index (κ1) is 15.3. The van der Waals surface area contributed by atoms with E-state index in [1.54, 1.807) is 0 Å². The minimum Gasteiger partial charge on any atom is -0.394 e. The number of aliphatic hydroxyl groups excluding tert-OH is 1. The van der Waals surface area contributed by atoms with Gasteiger partial charge in [-0.1, -0.05) is 0 Å². The van der Waals surface area contributed by atoms with E-state index in [4.69, 9.17) is 19.0 Å². The van der Waals surface area contributed by atoms with Crippen molar-refractivity contribution in [2.24, 2.45) is 0 Å². The van der Waals surface area contributed by atoms with Crippen LogP contribution in [0.25, 0.3) is 0 Å². The molecule has 2 atom stereocenters. The Morgan fingerprint density at radius 3 is 2.07 bits per heavy atom. The molecule has 7 nitrogen and oxygen atoms in total. The van der Waals surface area contributed by atoms with E-state index in [1.165, 1.54) is 0 Å². The summed E-state index contributed by atoms with van der Waals surface area (Å²) in [6, 6.07) is 0. The van der Waals surface area contributed by atoms with E-state index in [1.807, 2.05) is 0 Å². The molecule has 0 aliphatic rings. The van der Waals surface area contributed by atoms with Crippen LogP contribution in [0.3, 0.4) is 0 Å². The molecule has 0 aromatic heterocycles. The monoisotopic (exact) mass is 262 g/mol. The van der Waals surface area contributed by atoms with Crippen LogP contribution < -0.4 is 0 Å². The van der Waals surface area contributed by atoms with E-state index in [-0.39, 0.29) is 26.4 Å². The average molecular weight is 262 g/mol. The van der Waals surface area contributed by atoms with Gasteiger partial charge < -0.3 is 28.5 Å². The van der Waals surface area contributed by atoms with Gasteiger partial charge in [0.25, 0.3) is 0 Å². The fraction of sp³-hybridized carbons (Fsp3) is 0.833. The summed E-state index contributed by atoms with van der Waals surface area (Å²) in [5.41, 5.74) is 0. The molecule has 0 aliphatic carbocycles. The van der Waals surface area contributed by atoms with Crippen molar-refractivity contribution in [2.45, 2.75) is 0 Å². The van der Waals surface area contributed by atoms with Crippen molar-refractivity contribution in [1.82, 2.24) is 0 Å². The molecule has 3 N–H and O–H groups in total. The maximum Gasteiger partial charge on any atom is 0.325 e. The Morgan fingerprint density at radius 2 is 1.60 bits per heavy atom. The third-order valence-electron chi connectivity index (χ3n) is 1.09. The fourth-order valence-corrected chi connectivity index (χ4v) is 1.82. The SMILES string of the molecule is C=P(O)(OCCO)OCCOP(C)(=O)O. The van der Waals surface area contributed by atoms with E-state index >= 15 is 0 Å². The van der Waals surface area contributed by atoms with Gasteiger partial charge >= 0.3 is 7.60 Å². The van der Waals surface area contributed by atoms with Crippen molar-refractivity contribution in [3.63, 3.8) is 0 Å². The van der Waals surface area contributed by atoms with Crippen LogP contribution in [0.15, 0.2) is 0 Å². The summed E-state index contributed by atoms with van der Waals surface area (Å²) >= 11 is 0. The molecule has 0 heterocycles. The zero-order chi connectivity index (χ0) is 11.9. The molecule has 0 bridgehead atoms. The van der Waals surface area contributed by atoms with Gasteiger partial charge in [0, 0.05) is 6.66 Å². The third-order valence-corrected chi connectivity index (χ3v) is 2.93. The first-order chi connectivity index (χ1) is 6.77. The van der Waals surface area contributed by atoms with E-state index < -0.39 is 15.2 Å². The average Bonchev–Trinajstić information content (AvgIpc) is 2.08. The van der Waals surface area contributed by atoms with Gasteiger partial charge in [0.15, 0.2) is 0 Å². The van der Waals surface area contributed by atoms with E-state index in [2.05, 4.69) is 10.8 Å². The molecule has 0 aliphatic heterocycles. The highest BCUT2D eigenvalue weighted by Crippen LogP contribution is 2.42. The van der Waals surface area contributed by atoms with Gasteiger partial charge in [0.05, 0.1) is 26.4 Å². The van der Waals surface area contributed by atoms with Gasteiger partial charge in [-0.3, -0.25) is 4.57 Å². The van der Waals surface area contributed by atoms with Crippen LogP contribution in [0, 0.1) is 0 Å². The smallest absolute Gasteiger partial charge is 0.325 e. The van der Waals surface area contributed by atoms with E-state index in [0.29, 0.717) is 0 Å². The molecule has 0 aromatic rings. The van der Waals surface area contributed by atoms with Crippen LogP contribution in [0.5, 0.6) is 0 Å². The highest BCUT2D eigenvalue weighted by molar-refractivity contribution is 7.58. The standard InChI is InChI=1S/C6H16O7P2/c1-14(8,9)11-5-6-13-15(2,10)12-4-3-7/h7,10H,2-6H2,1H3,(H,8,9). The van der Waals surface area contributed by atoms with Crippen LogP contribution in [0.2, 0.25) is 0 Å². The van der Waals surface area contributed by atoms with Gasteiger partial charge in [-0.05, 0) is 6.30 Å². The summed E-state index contributed by atoms with van der Waals surface area (Å²) in [4.78, 5) is 18.1. The predicted octanol–water partition coefficient (Wildman–Crippen LogP) is 0.0306. The van der Waals surface area contributed by atoms with Gasteiger partial charge in [-0.25, -0.2) is 0 Å². The lowest BCUT2D eigenvalue weighted by molar-refractivity contribution is 0.137. The van der Waals surface area contributed by atoms with Crippen LogP contribution in [-0.4, -0.2) is 54.3 Å². The van der Waals surface area contributed by atoms with Crippen LogP contribution in [0.1, 0.15) is 0 Å². The second-order valence-corrected chi connectivity index (χ2v) is 6.32. The normalized spacial score (nSPS) is 19.5. The molecule has 2 unspecified atom stereocenters. The first-order valence-corrected chi connectivity index (χ1v) is 7.86. The molecular formula is C6H16O7P2. The summed E-state index contributed by atoms with van der Waals surface area (Å²) in [6.45, 7) is 0.447. The maximum absolute atomic E-state index is 10.7. The van der Waals surface area contributed by atoms with Gasteiger partial charge in [0.1, 0.15) is 0 Å². The van der Waals surface area contributed by atoms with Crippen molar-refractivity contribution in [2.75, 3.05) is 33.1 Å². The molecular weight excluding hydrogens is 246 g/mol. The molecule has 92 valence electrons. The van der Waals surface area contributed by atoms with E-state index in [0.717, 1.165) is 6.66 Å². The number of hydrogen-bond donors (Lipinski definition) is 3. The van der Waals surface area contributed by atoms with E-state index in [9.17, 15) is 9.46 Å². The van der Waals surface area contributed by atoms with Gasteiger partial charge in [-0.2, -0.15) is 0 Å². The lowest BCUT2D eigenvalue weighted by atomic mass is 10.8. The first-order valence-electron chi connectivity index (χ1n) is 4.08. The largest absolute Gasteiger partial charge is 0.394 e. The summed E-state index contributed by atoms with van der Waals surface area (Å²) in [5.74, 6) is 0. The molecule has 0 saturated heterocycles. The maximum atomic E-state index is 10.7. The molecule has 0 saturated carbocycles. The molecule has 0 radical (unpaired) electrons. The Bertz CT molecular complexity index is 260. The molecule has 0 aromatic carbocycles. The third kappa shape index (κ3) is 10.6. The van der Waals surface area contributed by atoms with Crippen molar-refractivity contribution in [3.05, 3.63) is 0 Å². The minimum atomic E-state index is -3.52. The Kier molecular flexibility index (Phi) is 6.91. The predicted molar refractivity (Wildman–Crippen MR) is 57.0 cm³/mol. The Labute approximate surface area is 88.4 Å². The Balaban J connectivity index is 3.66. The van der Waals surface area contributed by atoms with Crippen molar-refractivity contribution in [3.8, 4) is 0 Å². The minimum absolute atomic E-state index is 0.0824. The molecule has 0 amide bonds. The number of aliphatic hydroxyl groups is 1. The topological polar surface area (TPSA) is 105 Å². The number of hydrogen-bond acceptors (Lipinski definition) is 6. The highest BCUT2D eigenvalue weighted by Gasteiger charge is 2.13. The highest BCUT2D eigenvalue weighted by atomic mass is 31.2. The lowest BCUT2D eigenvalue weighted by Crippen LogP contribution is -2.05. The second-order valence-electron chi connectivity index (χ2n) is 2.66. The van der Waals surface area contributed by atoms with Gasteiger partial charge in [-0.15, -0.1) is 0 Å². The van der Waals surface area contributed by atoms with Crippen LogP contribution >= 0.6 is 15.2 Å². The summed E-state index contributed by atoms with van der Waals surface area (Å²) in [5, 5.41) is 8.41. The van der Waals surface area contributed by atoms with Crippen molar-refractivity contribution >= 4 is 21.5 Å². The summed E-state index contributed by atoms with van der Waals surface area (Å²) in [7, 11) is -6.72. The molecule has 15 heavy (non-hydrogen) atoms. The van der Waals surface area contributed by atoms with Crippen LogP contribution in [0.4, 0.5) is 0 Å². The second kappa shape index (κ2) is 6.78. The lowest BCUT2D eigenvalue weighted by Gasteiger charge is -2.17. The van der Waals surface area contributed by atoms with Crippen molar-refractivity contribution < 1.29 is 33.0 Å². The molecule has 0 fully saturated rings. The molecule has 0 spiro atoms. The van der Waals surface area contributed by atoms with Gasteiger partial charge in [0.2, 0.25) is 7.57 Å². The zero-order valence-corrected chi connectivity index (χ0v) is 10.2. The Morgan fingerprint density at radius 1 is 1.13 bits per heavy atom. The van der Waals surface area contributed by atoms with Crippen molar-refractivity contribution in [1.29, 1.82) is 0 Å². The fourth-order valence-electron chi connectivity index (χ4n) is 0.607. The zero-order valence-electron chi connectivity index (χ0n) is 8.40. The molecule has 0 rings (SSSR count). The quantitative estimate of drug-likeness (QED) is 0.418. The number of rotatable bonds is 8. The van der Waals surface area contributed by atoms with Crippen LogP contribution in [-0.2, 0) is 18.1 Å². The summed E-state index contributed by atoms with van der Waals surface area (Å²) in [6.07, 6.45) is 3.27. The summed E-state index contributed by atoms with van der Waals surface area (Å²) < 4.78 is 24.6.